The fourth-order valence-electron chi connectivity index (χ4n) is 2.37. The average Bonchev–Trinajstić information content (AvgIpc) is 2.85. The first-order chi connectivity index (χ1) is 11.5. The molecule has 0 aromatic carbocycles. The first-order valence-electron chi connectivity index (χ1n) is 8.14. The molecule has 0 spiro atoms. The lowest BCUT2D eigenvalue weighted by Crippen LogP contribution is -2.24. The monoisotopic (exact) mass is 346 g/mol. The highest BCUT2D eigenvalue weighted by molar-refractivity contribution is 6.31. The van der Waals surface area contributed by atoms with Crippen LogP contribution in [0.2, 0.25) is 5.15 Å². The van der Waals surface area contributed by atoms with Crippen molar-refractivity contribution >= 4 is 23.6 Å². The number of halogens is 1. The first-order valence-corrected chi connectivity index (χ1v) is 8.52. The summed E-state index contributed by atoms with van der Waals surface area (Å²) in [5.74, 6) is -0.170. The van der Waals surface area contributed by atoms with Crippen LogP contribution >= 0.6 is 11.6 Å². The number of pyridine rings is 1. The van der Waals surface area contributed by atoms with Gasteiger partial charge in [0.2, 0.25) is 5.91 Å². The van der Waals surface area contributed by atoms with E-state index in [1.165, 1.54) is 6.08 Å². The van der Waals surface area contributed by atoms with E-state index in [-0.39, 0.29) is 11.9 Å². The Morgan fingerprint density at radius 2 is 2.12 bits per heavy atom. The van der Waals surface area contributed by atoms with Crippen LogP contribution in [0.15, 0.2) is 30.6 Å². The molecule has 128 valence electrons. The van der Waals surface area contributed by atoms with Crippen LogP contribution in [-0.2, 0) is 11.3 Å². The van der Waals surface area contributed by atoms with Crippen molar-refractivity contribution in [3.8, 4) is 0 Å². The Bertz CT molecular complexity index is 709. The van der Waals surface area contributed by atoms with Gasteiger partial charge < -0.3 is 5.32 Å². The van der Waals surface area contributed by atoms with Crippen molar-refractivity contribution in [2.24, 2.45) is 0 Å². The van der Waals surface area contributed by atoms with Crippen LogP contribution in [0.1, 0.15) is 49.6 Å². The van der Waals surface area contributed by atoms with E-state index in [0.717, 1.165) is 36.2 Å². The molecule has 5 nitrogen and oxygen atoms in total. The van der Waals surface area contributed by atoms with E-state index in [9.17, 15) is 4.79 Å². The molecule has 2 rings (SSSR count). The van der Waals surface area contributed by atoms with Gasteiger partial charge in [0.15, 0.2) is 0 Å². The van der Waals surface area contributed by atoms with Gasteiger partial charge in [-0.05, 0) is 44.0 Å². The highest BCUT2D eigenvalue weighted by Crippen LogP contribution is 2.21. The van der Waals surface area contributed by atoms with Crippen LogP contribution in [0.3, 0.4) is 0 Å². The van der Waals surface area contributed by atoms with Gasteiger partial charge in [0.25, 0.3) is 0 Å². The second kappa shape index (κ2) is 8.64. The lowest BCUT2D eigenvalue weighted by atomic mass is 10.1. The molecule has 1 unspecified atom stereocenters. The van der Waals surface area contributed by atoms with Gasteiger partial charge in [-0.25, -0.2) is 0 Å². The molecule has 6 heteroatoms. The molecule has 0 radical (unpaired) electrons. The number of amides is 1. The number of hydrogen-bond donors (Lipinski definition) is 1. The maximum absolute atomic E-state index is 12.1. The lowest BCUT2D eigenvalue weighted by Gasteiger charge is -2.12. The molecular formula is C18H23ClN4O. The Hall–Kier alpha value is -2.14. The minimum atomic E-state index is -0.170. The number of aryl methyl sites for hydroxylation is 2. The third-order valence-electron chi connectivity index (χ3n) is 3.80. The van der Waals surface area contributed by atoms with Gasteiger partial charge in [-0.2, -0.15) is 5.10 Å². The number of carbonyl (C=O) groups is 1. The molecule has 0 bridgehead atoms. The van der Waals surface area contributed by atoms with E-state index in [2.05, 4.69) is 22.3 Å². The molecule has 1 N–H and O–H groups in total. The molecule has 1 amide bonds. The highest BCUT2D eigenvalue weighted by atomic mass is 35.5. The van der Waals surface area contributed by atoms with Crippen molar-refractivity contribution < 1.29 is 4.79 Å². The zero-order valence-corrected chi connectivity index (χ0v) is 15.0. The molecule has 2 aromatic heterocycles. The zero-order chi connectivity index (χ0) is 17.5. The fraction of sp³-hybridized carbons (Fsp3) is 0.389. The molecule has 24 heavy (non-hydrogen) atoms. The molecule has 0 saturated carbocycles. The van der Waals surface area contributed by atoms with Gasteiger partial charge in [0, 0.05) is 30.6 Å². The number of unbranched alkanes of at least 4 members (excludes halogenated alkanes) is 1. The Morgan fingerprint density at radius 1 is 1.42 bits per heavy atom. The van der Waals surface area contributed by atoms with E-state index < -0.39 is 0 Å². The molecule has 0 aliphatic heterocycles. The maximum atomic E-state index is 12.1. The number of nitrogens with one attached hydrogen (secondary N) is 1. The number of rotatable bonds is 7. The summed E-state index contributed by atoms with van der Waals surface area (Å²) >= 11 is 6.36. The Labute approximate surface area is 147 Å². The molecule has 0 saturated heterocycles. The second-order valence-corrected chi connectivity index (χ2v) is 6.07. The van der Waals surface area contributed by atoms with Crippen LogP contribution in [0.4, 0.5) is 0 Å². The summed E-state index contributed by atoms with van der Waals surface area (Å²) in [6.07, 6.45) is 8.74. The topological polar surface area (TPSA) is 59.8 Å². The predicted molar refractivity (Wildman–Crippen MR) is 96.7 cm³/mol. The van der Waals surface area contributed by atoms with E-state index in [4.69, 9.17) is 11.6 Å². The largest absolute Gasteiger partial charge is 0.346 e. The van der Waals surface area contributed by atoms with Crippen LogP contribution < -0.4 is 5.32 Å². The standard InChI is InChI=1S/C18H23ClN4O/c1-4-5-12-23-18(19)16(14(3)22-23)6-7-17(24)21-13(2)15-8-10-20-11-9-15/h6-11,13H,4-5,12H2,1-3H3,(H,21,24). The Morgan fingerprint density at radius 3 is 2.79 bits per heavy atom. The van der Waals surface area contributed by atoms with E-state index in [1.807, 2.05) is 26.0 Å². The van der Waals surface area contributed by atoms with Gasteiger partial charge in [-0.15, -0.1) is 0 Å². The minimum Gasteiger partial charge on any atom is -0.346 e. The molecule has 2 heterocycles. The van der Waals surface area contributed by atoms with Gasteiger partial charge in [-0.1, -0.05) is 24.9 Å². The quantitative estimate of drug-likeness (QED) is 0.773. The van der Waals surface area contributed by atoms with Crippen molar-refractivity contribution in [2.45, 2.75) is 46.2 Å². The smallest absolute Gasteiger partial charge is 0.244 e. The van der Waals surface area contributed by atoms with Gasteiger partial charge in [-0.3, -0.25) is 14.5 Å². The SMILES string of the molecule is CCCCn1nc(C)c(C=CC(=O)NC(C)c2ccncc2)c1Cl. The van der Waals surface area contributed by atoms with Crippen LogP contribution in [0.25, 0.3) is 6.08 Å². The van der Waals surface area contributed by atoms with Crippen molar-refractivity contribution in [1.29, 1.82) is 0 Å². The summed E-state index contributed by atoms with van der Waals surface area (Å²) in [4.78, 5) is 16.1. The summed E-state index contributed by atoms with van der Waals surface area (Å²) < 4.78 is 1.79. The Kier molecular flexibility index (Phi) is 6.55. The number of nitrogens with zero attached hydrogens (tertiary/aromatic N) is 3. The number of carbonyl (C=O) groups excluding carboxylic acids is 1. The van der Waals surface area contributed by atoms with E-state index in [1.54, 1.807) is 23.2 Å². The molecule has 0 aliphatic rings. The summed E-state index contributed by atoms with van der Waals surface area (Å²) in [5, 5.41) is 7.93. The van der Waals surface area contributed by atoms with Crippen molar-refractivity contribution in [3.63, 3.8) is 0 Å². The lowest BCUT2D eigenvalue weighted by molar-refractivity contribution is -0.117. The normalized spacial score (nSPS) is 12.5. The third kappa shape index (κ3) is 4.68. The van der Waals surface area contributed by atoms with E-state index in [0.29, 0.717) is 5.15 Å². The molecule has 0 fully saturated rings. The van der Waals surface area contributed by atoms with Crippen molar-refractivity contribution in [3.05, 3.63) is 52.6 Å². The van der Waals surface area contributed by atoms with Gasteiger partial charge in [0.05, 0.1) is 11.7 Å². The van der Waals surface area contributed by atoms with E-state index >= 15 is 0 Å². The molecular weight excluding hydrogens is 324 g/mol. The van der Waals surface area contributed by atoms with Gasteiger partial charge in [0.1, 0.15) is 5.15 Å². The highest BCUT2D eigenvalue weighted by Gasteiger charge is 2.12. The summed E-state index contributed by atoms with van der Waals surface area (Å²) in [6.45, 7) is 6.74. The first kappa shape index (κ1) is 18.2. The zero-order valence-electron chi connectivity index (χ0n) is 14.3. The molecule has 1 atom stereocenters. The number of aromatic nitrogens is 3. The van der Waals surface area contributed by atoms with Crippen LogP contribution in [0.5, 0.6) is 0 Å². The Balaban J connectivity index is 2.02. The molecule has 0 aliphatic carbocycles. The summed E-state index contributed by atoms with van der Waals surface area (Å²) in [7, 11) is 0. The second-order valence-electron chi connectivity index (χ2n) is 5.71. The summed E-state index contributed by atoms with van der Waals surface area (Å²) in [6, 6.07) is 3.68. The average molecular weight is 347 g/mol. The van der Waals surface area contributed by atoms with Crippen LogP contribution in [0, 0.1) is 6.92 Å². The van der Waals surface area contributed by atoms with Crippen molar-refractivity contribution in [2.75, 3.05) is 0 Å². The van der Waals surface area contributed by atoms with Crippen LogP contribution in [-0.4, -0.2) is 20.7 Å². The predicted octanol–water partition coefficient (Wildman–Crippen LogP) is 3.93. The summed E-state index contributed by atoms with van der Waals surface area (Å²) in [5.41, 5.74) is 2.62. The fourth-order valence-corrected chi connectivity index (χ4v) is 2.69. The third-order valence-corrected chi connectivity index (χ3v) is 4.20. The number of hydrogen-bond acceptors (Lipinski definition) is 3. The minimum absolute atomic E-state index is 0.0889. The molecule has 2 aromatic rings. The maximum Gasteiger partial charge on any atom is 0.244 e. The van der Waals surface area contributed by atoms with Gasteiger partial charge >= 0.3 is 0 Å². The van der Waals surface area contributed by atoms with Crippen molar-refractivity contribution in [1.82, 2.24) is 20.1 Å².